The highest BCUT2D eigenvalue weighted by Gasteiger charge is 2.14. The number of aromatic nitrogens is 1. The molecule has 1 aromatic heterocycles. The number of rotatable bonds is 2. The van der Waals surface area contributed by atoms with Gasteiger partial charge in [0.25, 0.3) is 0 Å². The molecule has 0 unspecified atom stereocenters. The van der Waals surface area contributed by atoms with Gasteiger partial charge in [0.05, 0.1) is 11.2 Å². The first-order valence-corrected chi connectivity index (χ1v) is 4.59. The van der Waals surface area contributed by atoms with Gasteiger partial charge in [0.2, 0.25) is 0 Å². The molecule has 0 amide bonds. The van der Waals surface area contributed by atoms with Crippen molar-refractivity contribution in [3.05, 3.63) is 11.1 Å². The van der Waals surface area contributed by atoms with Crippen molar-refractivity contribution in [3.63, 3.8) is 0 Å². The van der Waals surface area contributed by atoms with Crippen LogP contribution in [0.1, 0.15) is 19.5 Å². The molecular formula is C9H12N2S. The average molecular weight is 180 g/mol. The van der Waals surface area contributed by atoms with E-state index in [2.05, 4.69) is 16.2 Å². The minimum Gasteiger partial charge on any atom is -0.346 e. The second-order valence-corrected chi connectivity index (χ2v) is 4.05. The first-order chi connectivity index (χ1) is 5.53. The summed E-state index contributed by atoms with van der Waals surface area (Å²) in [6.45, 7) is 5.86. The lowest BCUT2D eigenvalue weighted by molar-refractivity contribution is 0.740. The summed E-state index contributed by atoms with van der Waals surface area (Å²) in [4.78, 5) is 4.26. The van der Waals surface area contributed by atoms with E-state index in [0.29, 0.717) is 0 Å². The third kappa shape index (κ3) is 2.24. The number of hydrogen-bond donors (Lipinski definition) is 1. The highest BCUT2D eigenvalue weighted by molar-refractivity contribution is 7.13. The lowest BCUT2D eigenvalue weighted by Gasteiger charge is -2.18. The van der Waals surface area contributed by atoms with Gasteiger partial charge in [-0.3, -0.25) is 0 Å². The van der Waals surface area contributed by atoms with Crippen LogP contribution in [0, 0.1) is 19.3 Å². The maximum absolute atomic E-state index is 5.33. The van der Waals surface area contributed by atoms with Crippen LogP contribution in [0.15, 0.2) is 5.38 Å². The Morgan fingerprint density at radius 3 is 2.75 bits per heavy atom. The van der Waals surface area contributed by atoms with Crippen LogP contribution in [0.5, 0.6) is 0 Å². The van der Waals surface area contributed by atoms with Crippen molar-refractivity contribution in [3.8, 4) is 12.3 Å². The van der Waals surface area contributed by atoms with Crippen LogP contribution >= 0.6 is 11.3 Å². The van der Waals surface area contributed by atoms with Gasteiger partial charge in [-0.1, -0.05) is 5.92 Å². The lowest BCUT2D eigenvalue weighted by atomic mass is 10.1. The van der Waals surface area contributed by atoms with Gasteiger partial charge in [-0.15, -0.1) is 17.8 Å². The molecule has 0 aliphatic rings. The monoisotopic (exact) mass is 180 g/mol. The topological polar surface area (TPSA) is 24.9 Å². The zero-order valence-corrected chi connectivity index (χ0v) is 8.33. The average Bonchev–Trinajstić information content (AvgIpc) is 2.35. The molecule has 0 aromatic carbocycles. The summed E-state index contributed by atoms with van der Waals surface area (Å²) in [5.74, 6) is 2.65. The molecule has 0 aliphatic carbocycles. The summed E-state index contributed by atoms with van der Waals surface area (Å²) in [6.07, 6.45) is 5.33. The van der Waals surface area contributed by atoms with Crippen molar-refractivity contribution in [2.75, 3.05) is 5.32 Å². The van der Waals surface area contributed by atoms with Gasteiger partial charge in [-0.25, -0.2) is 4.98 Å². The number of nitrogens with one attached hydrogen (secondary N) is 1. The van der Waals surface area contributed by atoms with Crippen LogP contribution in [0.3, 0.4) is 0 Å². The molecule has 1 N–H and O–H groups in total. The van der Waals surface area contributed by atoms with Gasteiger partial charge >= 0.3 is 0 Å². The zero-order chi connectivity index (χ0) is 9.19. The third-order valence-corrected chi connectivity index (χ3v) is 2.27. The van der Waals surface area contributed by atoms with Crippen LogP contribution in [-0.2, 0) is 0 Å². The number of hydrogen-bond acceptors (Lipinski definition) is 3. The SMILES string of the molecule is C#CC(C)(C)Nc1nc(C)cs1. The quantitative estimate of drug-likeness (QED) is 0.706. The smallest absolute Gasteiger partial charge is 0.184 e. The number of thiazole rings is 1. The number of nitrogens with zero attached hydrogens (tertiary/aromatic N) is 1. The fraction of sp³-hybridized carbons (Fsp3) is 0.444. The van der Waals surface area contributed by atoms with Gasteiger partial charge in [0.1, 0.15) is 0 Å². The van der Waals surface area contributed by atoms with E-state index in [0.717, 1.165) is 10.8 Å². The molecule has 0 aliphatic heterocycles. The highest BCUT2D eigenvalue weighted by Crippen LogP contribution is 2.18. The van der Waals surface area contributed by atoms with Crippen molar-refractivity contribution in [2.24, 2.45) is 0 Å². The number of anilines is 1. The molecule has 12 heavy (non-hydrogen) atoms. The molecule has 0 fully saturated rings. The van der Waals surface area contributed by atoms with E-state index in [1.165, 1.54) is 0 Å². The molecule has 0 atom stereocenters. The van der Waals surface area contributed by atoms with Crippen molar-refractivity contribution in [2.45, 2.75) is 26.3 Å². The Hall–Kier alpha value is -1.01. The standard InChI is InChI=1S/C9H12N2S/c1-5-9(3,4)11-8-10-7(2)6-12-8/h1,6H,2-4H3,(H,10,11). The molecule has 0 spiro atoms. The summed E-state index contributed by atoms with van der Waals surface area (Å²) in [5, 5.41) is 6.04. The van der Waals surface area contributed by atoms with Gasteiger partial charge in [0.15, 0.2) is 5.13 Å². The second kappa shape index (κ2) is 3.16. The lowest BCUT2D eigenvalue weighted by Crippen LogP contribution is -2.28. The van der Waals surface area contributed by atoms with E-state index < -0.39 is 0 Å². The molecule has 1 aromatic rings. The predicted octanol–water partition coefficient (Wildman–Crippen LogP) is 2.28. The molecule has 0 saturated carbocycles. The van der Waals surface area contributed by atoms with Gasteiger partial charge < -0.3 is 5.32 Å². The second-order valence-electron chi connectivity index (χ2n) is 3.19. The van der Waals surface area contributed by atoms with Gasteiger partial charge in [0, 0.05) is 5.38 Å². The summed E-state index contributed by atoms with van der Waals surface area (Å²) < 4.78 is 0. The Balaban J connectivity index is 2.72. The summed E-state index contributed by atoms with van der Waals surface area (Å²) in [7, 11) is 0. The van der Waals surface area contributed by atoms with E-state index in [1.807, 2.05) is 26.2 Å². The first-order valence-electron chi connectivity index (χ1n) is 3.71. The van der Waals surface area contributed by atoms with Crippen LogP contribution in [0.25, 0.3) is 0 Å². The zero-order valence-electron chi connectivity index (χ0n) is 7.51. The van der Waals surface area contributed by atoms with Crippen molar-refractivity contribution in [1.29, 1.82) is 0 Å². The molecule has 64 valence electrons. The largest absolute Gasteiger partial charge is 0.346 e. The van der Waals surface area contributed by atoms with E-state index in [9.17, 15) is 0 Å². The van der Waals surface area contributed by atoms with Crippen LogP contribution in [0.4, 0.5) is 5.13 Å². The van der Waals surface area contributed by atoms with E-state index in [-0.39, 0.29) is 5.54 Å². The van der Waals surface area contributed by atoms with Crippen molar-refractivity contribution < 1.29 is 0 Å². The van der Waals surface area contributed by atoms with Gasteiger partial charge in [-0.05, 0) is 20.8 Å². The summed E-state index contributed by atoms with van der Waals surface area (Å²) >= 11 is 1.57. The van der Waals surface area contributed by atoms with Gasteiger partial charge in [-0.2, -0.15) is 0 Å². The number of aryl methyl sites for hydroxylation is 1. The van der Waals surface area contributed by atoms with Crippen molar-refractivity contribution in [1.82, 2.24) is 4.98 Å². The van der Waals surface area contributed by atoms with Crippen LogP contribution < -0.4 is 5.32 Å². The molecule has 0 bridgehead atoms. The summed E-state index contributed by atoms with van der Waals surface area (Å²) in [5.41, 5.74) is 0.708. The van der Waals surface area contributed by atoms with Crippen molar-refractivity contribution >= 4 is 16.5 Å². The number of terminal acetylenes is 1. The van der Waals surface area contributed by atoms with Crippen LogP contribution in [-0.4, -0.2) is 10.5 Å². The normalized spacial score (nSPS) is 10.8. The molecular weight excluding hydrogens is 168 g/mol. The molecule has 2 nitrogen and oxygen atoms in total. The van der Waals surface area contributed by atoms with E-state index >= 15 is 0 Å². The Kier molecular flexibility index (Phi) is 2.39. The molecule has 0 radical (unpaired) electrons. The fourth-order valence-electron chi connectivity index (χ4n) is 0.715. The Morgan fingerprint density at radius 2 is 2.33 bits per heavy atom. The molecule has 1 rings (SSSR count). The highest BCUT2D eigenvalue weighted by atomic mass is 32.1. The Bertz CT molecular complexity index is 307. The summed E-state index contributed by atoms with van der Waals surface area (Å²) in [6, 6.07) is 0. The first kappa shape index (κ1) is 9.08. The maximum Gasteiger partial charge on any atom is 0.184 e. The minimum atomic E-state index is -0.315. The fourth-order valence-corrected chi connectivity index (χ4v) is 1.56. The van der Waals surface area contributed by atoms with E-state index in [1.54, 1.807) is 11.3 Å². The molecule has 0 saturated heterocycles. The maximum atomic E-state index is 5.33. The van der Waals surface area contributed by atoms with Crippen LogP contribution in [0.2, 0.25) is 0 Å². The Labute approximate surface area is 77.0 Å². The van der Waals surface area contributed by atoms with E-state index in [4.69, 9.17) is 6.42 Å². The minimum absolute atomic E-state index is 0.315. The third-order valence-electron chi connectivity index (χ3n) is 1.40. The molecule has 1 heterocycles. The Morgan fingerprint density at radius 1 is 1.67 bits per heavy atom. The molecule has 3 heteroatoms. The predicted molar refractivity (Wildman–Crippen MR) is 53.4 cm³/mol.